The molecule has 27 heavy (non-hydrogen) atoms. The van der Waals surface area contributed by atoms with Crippen LogP contribution < -0.4 is 0 Å². The number of fused-ring (bicyclic) bond motifs is 3. The average Bonchev–Trinajstić information content (AvgIpc) is 2.62. The SMILES string of the molecule is CCC(=NO)c1cc2c(cc1C(C)C)CC[C@H]1[C@](C)(C(=O)O)CCC[C@]21C. The van der Waals surface area contributed by atoms with Crippen LogP contribution in [-0.4, -0.2) is 22.0 Å². The van der Waals surface area contributed by atoms with Gasteiger partial charge < -0.3 is 10.3 Å². The van der Waals surface area contributed by atoms with Gasteiger partial charge in [0.1, 0.15) is 0 Å². The van der Waals surface area contributed by atoms with Gasteiger partial charge in [0, 0.05) is 5.56 Å². The fourth-order valence-electron chi connectivity index (χ4n) is 5.83. The molecule has 0 heterocycles. The first-order valence-corrected chi connectivity index (χ1v) is 10.3. The minimum absolute atomic E-state index is 0.137. The Balaban J connectivity index is 2.21. The van der Waals surface area contributed by atoms with Crippen LogP contribution in [0.1, 0.15) is 94.9 Å². The number of carboxylic acid groups (broad SMARTS) is 1. The summed E-state index contributed by atoms with van der Waals surface area (Å²) in [6.07, 6.45) is 5.24. The number of hydrogen-bond donors (Lipinski definition) is 2. The molecule has 0 spiro atoms. The van der Waals surface area contributed by atoms with E-state index in [-0.39, 0.29) is 11.3 Å². The van der Waals surface area contributed by atoms with Gasteiger partial charge in [-0.05, 0) is 79.0 Å². The Labute approximate surface area is 162 Å². The van der Waals surface area contributed by atoms with Gasteiger partial charge in [-0.2, -0.15) is 0 Å². The summed E-state index contributed by atoms with van der Waals surface area (Å²) in [4.78, 5) is 12.1. The molecule has 0 aliphatic heterocycles. The first kappa shape index (κ1) is 19.9. The molecule has 2 aliphatic carbocycles. The van der Waals surface area contributed by atoms with Crippen molar-refractivity contribution >= 4 is 11.7 Å². The van der Waals surface area contributed by atoms with E-state index in [1.54, 1.807) is 0 Å². The van der Waals surface area contributed by atoms with E-state index in [2.05, 4.69) is 38.1 Å². The van der Waals surface area contributed by atoms with Crippen LogP contribution in [0.15, 0.2) is 17.3 Å². The van der Waals surface area contributed by atoms with E-state index in [0.29, 0.717) is 18.1 Å². The predicted octanol–water partition coefficient (Wildman–Crippen LogP) is 5.49. The summed E-state index contributed by atoms with van der Waals surface area (Å²) in [6, 6.07) is 4.52. The summed E-state index contributed by atoms with van der Waals surface area (Å²) >= 11 is 0. The Morgan fingerprint density at radius 2 is 2.00 bits per heavy atom. The largest absolute Gasteiger partial charge is 0.481 e. The Morgan fingerprint density at radius 1 is 1.30 bits per heavy atom. The van der Waals surface area contributed by atoms with Gasteiger partial charge >= 0.3 is 5.97 Å². The second-order valence-electron chi connectivity index (χ2n) is 9.24. The van der Waals surface area contributed by atoms with Gasteiger partial charge in [-0.15, -0.1) is 0 Å². The summed E-state index contributed by atoms with van der Waals surface area (Å²) in [7, 11) is 0. The van der Waals surface area contributed by atoms with E-state index in [0.717, 1.165) is 37.7 Å². The van der Waals surface area contributed by atoms with Crippen molar-refractivity contribution in [3.05, 3.63) is 34.4 Å². The van der Waals surface area contributed by atoms with Crippen molar-refractivity contribution in [2.45, 2.75) is 84.5 Å². The van der Waals surface area contributed by atoms with E-state index in [4.69, 9.17) is 0 Å². The topological polar surface area (TPSA) is 69.9 Å². The van der Waals surface area contributed by atoms with Gasteiger partial charge in [-0.1, -0.05) is 45.3 Å². The lowest BCUT2D eigenvalue weighted by Gasteiger charge is -2.53. The van der Waals surface area contributed by atoms with E-state index in [9.17, 15) is 15.1 Å². The van der Waals surface area contributed by atoms with Gasteiger partial charge in [-0.25, -0.2) is 0 Å². The minimum atomic E-state index is -0.666. The van der Waals surface area contributed by atoms with Gasteiger partial charge in [-0.3, -0.25) is 4.79 Å². The first-order valence-electron chi connectivity index (χ1n) is 10.3. The third-order valence-corrected chi connectivity index (χ3v) is 7.40. The summed E-state index contributed by atoms with van der Waals surface area (Å²) in [5.41, 5.74) is 4.78. The maximum Gasteiger partial charge on any atom is 0.309 e. The molecule has 0 bridgehead atoms. The second kappa shape index (κ2) is 6.96. The molecular formula is C23H33NO3. The van der Waals surface area contributed by atoms with E-state index >= 15 is 0 Å². The summed E-state index contributed by atoms with van der Waals surface area (Å²) in [5, 5.41) is 23.1. The highest BCUT2D eigenvalue weighted by molar-refractivity contribution is 6.01. The molecule has 0 unspecified atom stereocenters. The Kier molecular flexibility index (Phi) is 5.13. The van der Waals surface area contributed by atoms with Crippen molar-refractivity contribution in [1.82, 2.24) is 0 Å². The molecule has 3 atom stereocenters. The molecular weight excluding hydrogens is 338 g/mol. The van der Waals surface area contributed by atoms with E-state index in [1.165, 1.54) is 16.7 Å². The summed E-state index contributed by atoms with van der Waals surface area (Å²) < 4.78 is 0. The maximum atomic E-state index is 12.1. The molecule has 0 aromatic heterocycles. The minimum Gasteiger partial charge on any atom is -0.481 e. The van der Waals surface area contributed by atoms with Gasteiger partial charge in [0.15, 0.2) is 0 Å². The first-order chi connectivity index (χ1) is 12.7. The lowest BCUT2D eigenvalue weighted by molar-refractivity contribution is -0.157. The van der Waals surface area contributed by atoms with Crippen LogP contribution in [0.25, 0.3) is 0 Å². The third-order valence-electron chi connectivity index (χ3n) is 7.40. The van der Waals surface area contributed by atoms with Crippen LogP contribution in [0.5, 0.6) is 0 Å². The fourth-order valence-corrected chi connectivity index (χ4v) is 5.83. The molecule has 0 amide bonds. The molecule has 2 N–H and O–H groups in total. The van der Waals surface area contributed by atoms with Crippen LogP contribution in [0.3, 0.4) is 0 Å². The fraction of sp³-hybridized carbons (Fsp3) is 0.652. The smallest absolute Gasteiger partial charge is 0.309 e. The van der Waals surface area contributed by atoms with Crippen LogP contribution in [0, 0.1) is 11.3 Å². The number of aryl methyl sites for hydroxylation is 1. The zero-order chi connectivity index (χ0) is 20.0. The highest BCUT2D eigenvalue weighted by Crippen LogP contribution is 2.57. The molecule has 1 aromatic carbocycles. The molecule has 4 heteroatoms. The van der Waals surface area contributed by atoms with Crippen LogP contribution in [-0.2, 0) is 16.6 Å². The molecule has 2 aliphatic rings. The van der Waals surface area contributed by atoms with Crippen molar-refractivity contribution in [3.63, 3.8) is 0 Å². The Hall–Kier alpha value is -1.84. The zero-order valence-electron chi connectivity index (χ0n) is 17.3. The molecule has 1 saturated carbocycles. The summed E-state index contributed by atoms with van der Waals surface area (Å²) in [6.45, 7) is 10.6. The van der Waals surface area contributed by atoms with Crippen LogP contribution in [0.2, 0.25) is 0 Å². The molecule has 148 valence electrons. The number of rotatable bonds is 4. The number of oxime groups is 1. The van der Waals surface area contributed by atoms with Crippen molar-refractivity contribution in [2.75, 3.05) is 0 Å². The predicted molar refractivity (Wildman–Crippen MR) is 108 cm³/mol. The van der Waals surface area contributed by atoms with Crippen molar-refractivity contribution in [2.24, 2.45) is 16.5 Å². The summed E-state index contributed by atoms with van der Waals surface area (Å²) in [5.74, 6) is -0.181. The molecule has 0 radical (unpaired) electrons. The molecule has 4 nitrogen and oxygen atoms in total. The maximum absolute atomic E-state index is 12.1. The average molecular weight is 372 g/mol. The molecule has 3 rings (SSSR count). The number of aliphatic carboxylic acids is 1. The highest BCUT2D eigenvalue weighted by Gasteiger charge is 2.55. The van der Waals surface area contributed by atoms with Gasteiger partial charge in [0.05, 0.1) is 11.1 Å². The van der Waals surface area contributed by atoms with E-state index in [1.807, 2.05) is 13.8 Å². The number of benzene rings is 1. The lowest BCUT2D eigenvalue weighted by atomic mass is 9.49. The lowest BCUT2D eigenvalue weighted by Crippen LogP contribution is -2.52. The standard InChI is InChI=1S/C23H33NO3/c1-6-19(24-27)17-13-18-15(12-16(17)14(2)3)8-9-20-22(18,4)10-7-11-23(20,5)21(25)26/h12-14,20,27H,6-11H2,1-5H3,(H,25,26)/t20-,22-,23-/m1/s1. The Bertz CT molecular complexity index is 782. The van der Waals surface area contributed by atoms with Crippen LogP contribution >= 0.6 is 0 Å². The highest BCUT2D eigenvalue weighted by atomic mass is 16.4. The van der Waals surface area contributed by atoms with Gasteiger partial charge in [0.25, 0.3) is 0 Å². The van der Waals surface area contributed by atoms with E-state index < -0.39 is 11.4 Å². The second-order valence-corrected chi connectivity index (χ2v) is 9.24. The molecule has 1 fully saturated rings. The molecule has 1 aromatic rings. The monoisotopic (exact) mass is 371 g/mol. The van der Waals surface area contributed by atoms with Gasteiger partial charge in [0.2, 0.25) is 0 Å². The number of carboxylic acids is 1. The third kappa shape index (κ3) is 2.97. The number of hydrogen-bond acceptors (Lipinski definition) is 3. The van der Waals surface area contributed by atoms with Crippen molar-refractivity contribution in [1.29, 1.82) is 0 Å². The van der Waals surface area contributed by atoms with Crippen LogP contribution in [0.4, 0.5) is 0 Å². The normalized spacial score (nSPS) is 30.7. The Morgan fingerprint density at radius 3 is 2.56 bits per heavy atom. The molecule has 0 saturated heterocycles. The van der Waals surface area contributed by atoms with Crippen molar-refractivity contribution in [3.8, 4) is 0 Å². The quantitative estimate of drug-likeness (QED) is 0.417. The zero-order valence-corrected chi connectivity index (χ0v) is 17.3. The van der Waals surface area contributed by atoms with Crippen molar-refractivity contribution < 1.29 is 15.1 Å². The number of carbonyl (C=O) groups is 1. The number of nitrogens with zero attached hydrogens (tertiary/aromatic N) is 1.